The van der Waals surface area contributed by atoms with Crippen LogP contribution in [-0.4, -0.2) is 35.5 Å². The van der Waals surface area contributed by atoms with Crippen LogP contribution >= 0.6 is 0 Å². The summed E-state index contributed by atoms with van der Waals surface area (Å²) in [5, 5.41) is 20.0. The second kappa shape index (κ2) is 20.1. The summed E-state index contributed by atoms with van der Waals surface area (Å²) >= 11 is 0. The van der Waals surface area contributed by atoms with Gasteiger partial charge in [0.25, 0.3) is 0 Å². The number of carbonyl (C=O) groups excluding carboxylic acids is 1. The SMILES string of the molecule is CCCCCCC[C@H](O)CC[C@@H](O)CCCCCCCCCCC(=O)OC. The number of rotatable bonds is 20. The Kier molecular flexibility index (Phi) is 19.7. The van der Waals surface area contributed by atoms with Crippen molar-refractivity contribution < 1.29 is 19.7 Å². The normalized spacial score (nSPS) is 13.5. The van der Waals surface area contributed by atoms with Gasteiger partial charge in [0, 0.05) is 6.42 Å². The van der Waals surface area contributed by atoms with Crippen molar-refractivity contribution in [2.75, 3.05) is 7.11 Å². The summed E-state index contributed by atoms with van der Waals surface area (Å²) in [6.07, 6.45) is 18.6. The lowest BCUT2D eigenvalue weighted by molar-refractivity contribution is -0.140. The molecule has 0 aliphatic carbocycles. The van der Waals surface area contributed by atoms with Gasteiger partial charge in [-0.25, -0.2) is 0 Å². The van der Waals surface area contributed by atoms with Crippen molar-refractivity contribution >= 4 is 5.97 Å². The highest BCUT2D eigenvalue weighted by Crippen LogP contribution is 2.15. The van der Waals surface area contributed by atoms with Crippen LogP contribution in [0.1, 0.15) is 122 Å². The minimum atomic E-state index is -0.252. The average Bonchev–Trinajstić information content (AvgIpc) is 2.67. The first-order valence-electron chi connectivity index (χ1n) is 11.5. The summed E-state index contributed by atoms with van der Waals surface area (Å²) in [6.45, 7) is 2.21. The van der Waals surface area contributed by atoms with Crippen molar-refractivity contribution in [3.8, 4) is 0 Å². The van der Waals surface area contributed by atoms with Gasteiger partial charge in [0.15, 0.2) is 0 Å². The molecular weight excluding hydrogens is 340 g/mol. The maximum atomic E-state index is 11.0. The zero-order valence-corrected chi connectivity index (χ0v) is 18.1. The number of aliphatic hydroxyl groups is 2. The molecule has 0 radical (unpaired) electrons. The maximum Gasteiger partial charge on any atom is 0.305 e. The highest BCUT2D eigenvalue weighted by molar-refractivity contribution is 5.68. The zero-order chi connectivity index (χ0) is 20.2. The molecule has 0 saturated heterocycles. The minimum Gasteiger partial charge on any atom is -0.469 e. The van der Waals surface area contributed by atoms with Gasteiger partial charge in [-0.15, -0.1) is 0 Å². The number of hydrogen-bond donors (Lipinski definition) is 2. The molecule has 0 unspecified atom stereocenters. The molecule has 0 bridgehead atoms. The van der Waals surface area contributed by atoms with Crippen molar-refractivity contribution in [2.24, 2.45) is 0 Å². The van der Waals surface area contributed by atoms with E-state index < -0.39 is 0 Å². The molecule has 0 aromatic heterocycles. The highest BCUT2D eigenvalue weighted by Gasteiger charge is 2.09. The third kappa shape index (κ3) is 19.9. The van der Waals surface area contributed by atoms with Crippen molar-refractivity contribution in [3.05, 3.63) is 0 Å². The predicted octanol–water partition coefficient (Wildman–Crippen LogP) is 5.92. The Morgan fingerprint density at radius 2 is 1.07 bits per heavy atom. The number of aliphatic hydroxyl groups excluding tert-OH is 2. The second-order valence-corrected chi connectivity index (χ2v) is 8.03. The van der Waals surface area contributed by atoms with Crippen LogP contribution in [0.5, 0.6) is 0 Å². The Hall–Kier alpha value is -0.610. The smallest absolute Gasteiger partial charge is 0.305 e. The van der Waals surface area contributed by atoms with Crippen LogP contribution in [0.3, 0.4) is 0 Å². The average molecular weight is 387 g/mol. The van der Waals surface area contributed by atoms with E-state index in [0.717, 1.165) is 51.4 Å². The van der Waals surface area contributed by atoms with E-state index in [0.29, 0.717) is 6.42 Å². The van der Waals surface area contributed by atoms with Crippen LogP contribution in [0, 0.1) is 0 Å². The molecule has 0 amide bonds. The molecule has 0 aliphatic heterocycles. The third-order valence-corrected chi connectivity index (χ3v) is 5.37. The molecule has 4 heteroatoms. The Morgan fingerprint density at radius 3 is 1.52 bits per heavy atom. The van der Waals surface area contributed by atoms with E-state index in [2.05, 4.69) is 11.7 Å². The van der Waals surface area contributed by atoms with Crippen LogP contribution in [0.4, 0.5) is 0 Å². The van der Waals surface area contributed by atoms with Crippen LogP contribution < -0.4 is 0 Å². The lowest BCUT2D eigenvalue weighted by Gasteiger charge is -2.14. The monoisotopic (exact) mass is 386 g/mol. The molecule has 4 nitrogen and oxygen atoms in total. The number of methoxy groups -OCH3 is 1. The summed E-state index contributed by atoms with van der Waals surface area (Å²) in [5.74, 6) is -0.104. The Bertz CT molecular complexity index is 320. The summed E-state index contributed by atoms with van der Waals surface area (Å²) < 4.78 is 4.63. The van der Waals surface area contributed by atoms with Gasteiger partial charge in [0.2, 0.25) is 0 Å². The first-order valence-corrected chi connectivity index (χ1v) is 11.5. The van der Waals surface area contributed by atoms with E-state index in [1.807, 2.05) is 0 Å². The molecule has 0 aliphatic rings. The molecule has 27 heavy (non-hydrogen) atoms. The summed E-state index contributed by atoms with van der Waals surface area (Å²) in [5.41, 5.74) is 0. The predicted molar refractivity (Wildman–Crippen MR) is 113 cm³/mol. The fraction of sp³-hybridized carbons (Fsp3) is 0.957. The highest BCUT2D eigenvalue weighted by atomic mass is 16.5. The van der Waals surface area contributed by atoms with Gasteiger partial charge in [-0.05, 0) is 32.1 Å². The van der Waals surface area contributed by atoms with Gasteiger partial charge in [0.05, 0.1) is 19.3 Å². The molecular formula is C23H46O4. The van der Waals surface area contributed by atoms with E-state index in [1.54, 1.807) is 0 Å². The van der Waals surface area contributed by atoms with Gasteiger partial charge >= 0.3 is 5.97 Å². The van der Waals surface area contributed by atoms with Crippen molar-refractivity contribution in [1.82, 2.24) is 0 Å². The molecule has 0 aromatic carbocycles. The number of esters is 1. The summed E-state index contributed by atoms with van der Waals surface area (Å²) in [4.78, 5) is 11.0. The number of hydrogen-bond acceptors (Lipinski definition) is 4. The molecule has 0 fully saturated rings. The van der Waals surface area contributed by atoms with E-state index in [1.165, 1.54) is 64.9 Å². The number of unbranched alkanes of at least 4 members (excludes halogenated alkanes) is 11. The lowest BCUT2D eigenvalue weighted by Crippen LogP contribution is -2.13. The number of ether oxygens (including phenoxy) is 1. The standard InChI is InChI=1S/C23H46O4/c1-3-4-5-10-13-16-21(24)19-20-22(25)17-14-11-8-6-7-9-12-15-18-23(26)27-2/h21-22,24-25H,3-20H2,1-2H3/t21-,22-/m0/s1. The van der Waals surface area contributed by atoms with Gasteiger partial charge in [-0.3, -0.25) is 4.79 Å². The van der Waals surface area contributed by atoms with Gasteiger partial charge in [-0.1, -0.05) is 84.0 Å². The number of carbonyl (C=O) groups is 1. The maximum absolute atomic E-state index is 11.0. The Morgan fingerprint density at radius 1 is 0.667 bits per heavy atom. The third-order valence-electron chi connectivity index (χ3n) is 5.37. The van der Waals surface area contributed by atoms with Crippen LogP contribution in [0.2, 0.25) is 0 Å². The van der Waals surface area contributed by atoms with Crippen molar-refractivity contribution in [2.45, 2.75) is 135 Å². The van der Waals surface area contributed by atoms with Gasteiger partial charge in [0.1, 0.15) is 0 Å². The first kappa shape index (κ1) is 26.4. The molecule has 2 N–H and O–H groups in total. The molecule has 2 atom stereocenters. The van der Waals surface area contributed by atoms with Gasteiger partial charge in [-0.2, -0.15) is 0 Å². The zero-order valence-electron chi connectivity index (χ0n) is 18.1. The van der Waals surface area contributed by atoms with E-state index >= 15 is 0 Å². The van der Waals surface area contributed by atoms with E-state index in [-0.39, 0.29) is 18.2 Å². The van der Waals surface area contributed by atoms with Crippen LogP contribution in [0.25, 0.3) is 0 Å². The largest absolute Gasteiger partial charge is 0.469 e. The molecule has 162 valence electrons. The van der Waals surface area contributed by atoms with E-state index in [4.69, 9.17) is 0 Å². The van der Waals surface area contributed by atoms with Crippen molar-refractivity contribution in [1.29, 1.82) is 0 Å². The lowest BCUT2D eigenvalue weighted by atomic mass is 10.00. The van der Waals surface area contributed by atoms with Gasteiger partial charge < -0.3 is 14.9 Å². The fourth-order valence-corrected chi connectivity index (χ4v) is 3.47. The van der Waals surface area contributed by atoms with E-state index in [9.17, 15) is 15.0 Å². The fourth-order valence-electron chi connectivity index (χ4n) is 3.47. The minimum absolute atomic E-state index is 0.104. The van der Waals surface area contributed by atoms with Crippen LogP contribution in [0.15, 0.2) is 0 Å². The Labute approximate surface area is 168 Å². The topological polar surface area (TPSA) is 66.8 Å². The Balaban J connectivity index is 3.31. The summed E-state index contributed by atoms with van der Waals surface area (Å²) in [7, 11) is 1.44. The van der Waals surface area contributed by atoms with Crippen molar-refractivity contribution in [3.63, 3.8) is 0 Å². The summed E-state index contributed by atoms with van der Waals surface area (Å²) in [6, 6.07) is 0. The second-order valence-electron chi connectivity index (χ2n) is 8.03. The molecule has 0 heterocycles. The molecule has 0 aromatic rings. The molecule has 0 rings (SSSR count). The quantitative estimate of drug-likeness (QED) is 0.201. The first-order chi connectivity index (χ1) is 13.1. The molecule has 0 spiro atoms. The molecule has 0 saturated carbocycles. The van der Waals surface area contributed by atoms with Crippen LogP contribution in [-0.2, 0) is 9.53 Å².